The third-order valence-corrected chi connectivity index (χ3v) is 4.67. The van der Waals surface area contributed by atoms with Gasteiger partial charge in [-0.25, -0.2) is 0 Å². The fourth-order valence-electron chi connectivity index (χ4n) is 3.36. The van der Waals surface area contributed by atoms with Crippen LogP contribution in [0.2, 0.25) is 0 Å². The maximum Gasteiger partial charge on any atom is 0.170 e. The highest BCUT2D eigenvalue weighted by molar-refractivity contribution is 6.00. The second kappa shape index (κ2) is 6.61. The van der Waals surface area contributed by atoms with Gasteiger partial charge in [-0.3, -0.25) is 9.78 Å². The van der Waals surface area contributed by atoms with E-state index in [4.69, 9.17) is 4.74 Å². The van der Waals surface area contributed by atoms with E-state index >= 15 is 0 Å². The van der Waals surface area contributed by atoms with Crippen molar-refractivity contribution in [2.75, 3.05) is 31.1 Å². The second-order valence-corrected chi connectivity index (χ2v) is 6.29. The van der Waals surface area contributed by atoms with Gasteiger partial charge in [-0.15, -0.1) is 0 Å². The molecule has 3 heterocycles. The van der Waals surface area contributed by atoms with Crippen molar-refractivity contribution in [2.24, 2.45) is 0 Å². The Kier molecular flexibility index (Phi) is 4.17. The summed E-state index contributed by atoms with van der Waals surface area (Å²) in [6, 6.07) is 9.80. The van der Waals surface area contributed by atoms with Gasteiger partial charge in [0.25, 0.3) is 0 Å². The van der Waals surface area contributed by atoms with Crippen molar-refractivity contribution in [2.45, 2.75) is 18.9 Å². The van der Waals surface area contributed by atoms with Crippen molar-refractivity contribution < 1.29 is 9.53 Å². The largest absolute Gasteiger partial charge is 0.484 e. The number of fused-ring (bicyclic) bond motifs is 1. The Morgan fingerprint density at radius 2 is 2.17 bits per heavy atom. The van der Waals surface area contributed by atoms with Crippen LogP contribution in [0.25, 0.3) is 0 Å². The van der Waals surface area contributed by atoms with Crippen LogP contribution in [0.3, 0.4) is 0 Å². The SMILES string of the molecule is O=C1CC(c2cccnc2)Oc2ccc(N3CCCNCC3)cc21. The molecule has 0 aliphatic carbocycles. The zero-order chi connectivity index (χ0) is 16.4. The Morgan fingerprint density at radius 1 is 1.21 bits per heavy atom. The summed E-state index contributed by atoms with van der Waals surface area (Å²) in [4.78, 5) is 19.1. The topological polar surface area (TPSA) is 54.5 Å². The van der Waals surface area contributed by atoms with Gasteiger partial charge in [0, 0.05) is 43.3 Å². The lowest BCUT2D eigenvalue weighted by Gasteiger charge is -2.28. The van der Waals surface area contributed by atoms with E-state index in [0.717, 1.165) is 43.9 Å². The summed E-state index contributed by atoms with van der Waals surface area (Å²) in [6.07, 6.45) is 4.73. The number of aromatic nitrogens is 1. The molecule has 1 N–H and O–H groups in total. The van der Waals surface area contributed by atoms with Crippen molar-refractivity contribution in [3.8, 4) is 5.75 Å². The molecule has 1 saturated heterocycles. The fourth-order valence-corrected chi connectivity index (χ4v) is 3.36. The molecule has 5 nitrogen and oxygen atoms in total. The zero-order valence-corrected chi connectivity index (χ0v) is 13.6. The normalized spacial score (nSPS) is 20.9. The molecular weight excluding hydrogens is 302 g/mol. The van der Waals surface area contributed by atoms with E-state index in [1.165, 1.54) is 0 Å². The summed E-state index contributed by atoms with van der Waals surface area (Å²) < 4.78 is 6.06. The van der Waals surface area contributed by atoms with Crippen LogP contribution in [0.15, 0.2) is 42.7 Å². The van der Waals surface area contributed by atoms with Gasteiger partial charge in [-0.2, -0.15) is 0 Å². The van der Waals surface area contributed by atoms with Crippen molar-refractivity contribution in [1.29, 1.82) is 0 Å². The van der Waals surface area contributed by atoms with Crippen molar-refractivity contribution in [3.05, 3.63) is 53.9 Å². The number of ether oxygens (including phenoxy) is 1. The molecule has 1 unspecified atom stereocenters. The number of hydrogen-bond donors (Lipinski definition) is 1. The Bertz CT molecular complexity index is 725. The third-order valence-electron chi connectivity index (χ3n) is 4.67. The van der Waals surface area contributed by atoms with Gasteiger partial charge in [-0.1, -0.05) is 6.07 Å². The Hall–Kier alpha value is -2.40. The number of carbonyl (C=O) groups is 1. The fraction of sp³-hybridized carbons (Fsp3) is 0.368. The van der Waals surface area contributed by atoms with Crippen LogP contribution in [0, 0.1) is 0 Å². The molecule has 1 aromatic carbocycles. The van der Waals surface area contributed by atoms with Crippen LogP contribution in [0.1, 0.15) is 34.9 Å². The van der Waals surface area contributed by atoms with Gasteiger partial charge in [0.15, 0.2) is 5.78 Å². The van der Waals surface area contributed by atoms with E-state index < -0.39 is 0 Å². The number of hydrogen-bond acceptors (Lipinski definition) is 5. The maximum absolute atomic E-state index is 12.6. The van der Waals surface area contributed by atoms with Crippen molar-refractivity contribution in [3.63, 3.8) is 0 Å². The molecule has 1 atom stereocenters. The smallest absolute Gasteiger partial charge is 0.170 e. The molecular formula is C19H21N3O2. The molecule has 0 saturated carbocycles. The van der Waals surface area contributed by atoms with Crippen LogP contribution in [-0.2, 0) is 0 Å². The summed E-state index contributed by atoms with van der Waals surface area (Å²) in [7, 11) is 0. The number of carbonyl (C=O) groups excluding carboxylic acids is 1. The summed E-state index contributed by atoms with van der Waals surface area (Å²) in [6.45, 7) is 4.01. The molecule has 1 fully saturated rings. The second-order valence-electron chi connectivity index (χ2n) is 6.29. The molecule has 24 heavy (non-hydrogen) atoms. The number of anilines is 1. The van der Waals surface area contributed by atoms with E-state index in [2.05, 4.69) is 21.3 Å². The molecule has 1 aromatic heterocycles. The minimum atomic E-state index is -0.244. The lowest BCUT2D eigenvalue weighted by molar-refractivity contribution is 0.0850. The molecule has 0 radical (unpaired) electrons. The first kappa shape index (κ1) is 15.1. The van der Waals surface area contributed by atoms with Crippen LogP contribution in [0.4, 0.5) is 5.69 Å². The number of nitrogens with one attached hydrogen (secondary N) is 1. The molecule has 124 valence electrons. The van der Waals surface area contributed by atoms with Crippen molar-refractivity contribution >= 4 is 11.5 Å². The molecule has 2 aliphatic rings. The molecule has 2 aliphatic heterocycles. The average Bonchev–Trinajstić information content (AvgIpc) is 2.91. The van der Waals surface area contributed by atoms with Gasteiger partial charge < -0.3 is 15.0 Å². The highest BCUT2D eigenvalue weighted by atomic mass is 16.5. The summed E-state index contributed by atoms with van der Waals surface area (Å²) in [5.74, 6) is 0.816. The number of benzene rings is 1. The minimum Gasteiger partial charge on any atom is -0.484 e. The van der Waals surface area contributed by atoms with E-state index in [1.54, 1.807) is 12.4 Å². The van der Waals surface area contributed by atoms with Crippen LogP contribution >= 0.6 is 0 Å². The van der Waals surface area contributed by atoms with E-state index in [0.29, 0.717) is 17.7 Å². The van der Waals surface area contributed by atoms with Gasteiger partial charge in [0.1, 0.15) is 11.9 Å². The van der Waals surface area contributed by atoms with Gasteiger partial charge >= 0.3 is 0 Å². The summed E-state index contributed by atoms with van der Waals surface area (Å²) in [5.41, 5.74) is 2.75. The predicted octanol–water partition coefficient (Wildman–Crippen LogP) is 2.59. The first-order valence-corrected chi connectivity index (χ1v) is 8.51. The van der Waals surface area contributed by atoms with Crippen LogP contribution in [-0.4, -0.2) is 36.9 Å². The number of pyridine rings is 1. The van der Waals surface area contributed by atoms with Gasteiger partial charge in [0.05, 0.1) is 12.0 Å². The monoisotopic (exact) mass is 323 g/mol. The Morgan fingerprint density at radius 3 is 3.04 bits per heavy atom. The average molecular weight is 323 g/mol. The molecule has 0 bridgehead atoms. The highest BCUT2D eigenvalue weighted by Crippen LogP contribution is 2.36. The molecule has 4 rings (SSSR count). The molecule has 5 heteroatoms. The van der Waals surface area contributed by atoms with E-state index in [1.807, 2.05) is 24.3 Å². The van der Waals surface area contributed by atoms with Gasteiger partial charge in [-0.05, 0) is 37.2 Å². The Labute approximate surface area is 141 Å². The Balaban J connectivity index is 1.59. The van der Waals surface area contributed by atoms with E-state index in [9.17, 15) is 4.79 Å². The molecule has 0 spiro atoms. The third kappa shape index (κ3) is 2.99. The van der Waals surface area contributed by atoms with Crippen LogP contribution < -0.4 is 15.0 Å². The quantitative estimate of drug-likeness (QED) is 0.920. The predicted molar refractivity (Wildman–Crippen MR) is 92.7 cm³/mol. The highest BCUT2D eigenvalue weighted by Gasteiger charge is 2.28. The minimum absolute atomic E-state index is 0.139. The van der Waals surface area contributed by atoms with Gasteiger partial charge in [0.2, 0.25) is 0 Å². The lowest BCUT2D eigenvalue weighted by atomic mass is 9.96. The number of rotatable bonds is 2. The number of ketones is 1. The lowest BCUT2D eigenvalue weighted by Crippen LogP contribution is -2.28. The van der Waals surface area contributed by atoms with Crippen molar-refractivity contribution in [1.82, 2.24) is 10.3 Å². The number of Topliss-reactive ketones (excluding diaryl/α,β-unsaturated/α-hetero) is 1. The maximum atomic E-state index is 12.6. The number of nitrogens with zero attached hydrogens (tertiary/aromatic N) is 2. The summed E-state index contributed by atoms with van der Waals surface area (Å²) in [5, 5.41) is 3.40. The standard InChI is InChI=1S/C19H21N3O2/c23-17-12-19(14-3-1-6-21-13-14)24-18-5-4-15(11-16(17)18)22-9-2-7-20-8-10-22/h1,3-6,11,13,19-20H,2,7-10,12H2. The first-order chi connectivity index (χ1) is 11.8. The zero-order valence-electron chi connectivity index (χ0n) is 13.6. The van der Waals surface area contributed by atoms with Crippen LogP contribution in [0.5, 0.6) is 5.75 Å². The molecule has 2 aromatic rings. The first-order valence-electron chi connectivity index (χ1n) is 8.51. The van der Waals surface area contributed by atoms with E-state index in [-0.39, 0.29) is 11.9 Å². The summed E-state index contributed by atoms with van der Waals surface area (Å²) >= 11 is 0. The molecule has 0 amide bonds.